The fourth-order valence-electron chi connectivity index (χ4n) is 3.65. The average Bonchev–Trinajstić information content (AvgIpc) is 3.14. The van der Waals surface area contributed by atoms with Crippen LogP contribution in [0.1, 0.15) is 59.7 Å². The fourth-order valence-corrected chi connectivity index (χ4v) is 3.65. The van der Waals surface area contributed by atoms with Crippen molar-refractivity contribution < 1.29 is 9.31 Å². The Bertz CT molecular complexity index is 1040. The van der Waals surface area contributed by atoms with E-state index in [9.17, 15) is 0 Å². The summed E-state index contributed by atoms with van der Waals surface area (Å²) in [7, 11) is -0.401. The number of nitrogens with zero attached hydrogens (tertiary/aromatic N) is 2. The normalized spacial score (nSPS) is 18.2. The minimum Gasteiger partial charge on any atom is -0.399 e. The van der Waals surface area contributed by atoms with Crippen molar-refractivity contribution in [2.24, 2.45) is 0 Å². The van der Waals surface area contributed by atoms with E-state index in [1.165, 1.54) is 5.56 Å². The van der Waals surface area contributed by atoms with Gasteiger partial charge in [0.2, 0.25) is 0 Å². The third-order valence-electron chi connectivity index (χ3n) is 6.18. The highest BCUT2D eigenvalue weighted by molar-refractivity contribution is 6.62. The molecule has 1 fully saturated rings. The predicted octanol–water partition coefficient (Wildman–Crippen LogP) is 4.54. The Labute approximate surface area is 180 Å². The molecule has 0 spiro atoms. The maximum atomic E-state index is 6.27. The molecule has 5 nitrogen and oxygen atoms in total. The Morgan fingerprint density at radius 3 is 2.20 bits per heavy atom. The second-order valence-electron chi connectivity index (χ2n) is 10.2. The number of rotatable bonds is 4. The topological polar surface area (TPSA) is 47.8 Å². The van der Waals surface area contributed by atoms with Crippen molar-refractivity contribution in [2.45, 2.75) is 71.6 Å². The third-order valence-corrected chi connectivity index (χ3v) is 6.18. The lowest BCUT2D eigenvalue weighted by Crippen LogP contribution is -2.41. The van der Waals surface area contributed by atoms with Crippen LogP contribution >= 0.6 is 0 Å². The van der Waals surface area contributed by atoms with Gasteiger partial charge in [0.25, 0.3) is 0 Å². The van der Waals surface area contributed by atoms with E-state index in [4.69, 9.17) is 14.3 Å². The highest BCUT2D eigenvalue weighted by Gasteiger charge is 2.51. The second-order valence-corrected chi connectivity index (χ2v) is 10.2. The maximum Gasteiger partial charge on any atom is 0.496 e. The SMILES string of the molecule is CC(C)(C)c1nc2ccc(B3OC(C)(C)C(C)(C)O3)cn2c1NCc1ccccc1. The van der Waals surface area contributed by atoms with Crippen LogP contribution in [0.4, 0.5) is 5.82 Å². The van der Waals surface area contributed by atoms with E-state index in [1.807, 2.05) is 12.1 Å². The number of pyridine rings is 1. The zero-order valence-corrected chi connectivity index (χ0v) is 19.1. The highest BCUT2D eigenvalue weighted by Crippen LogP contribution is 2.37. The molecule has 30 heavy (non-hydrogen) atoms. The molecule has 0 unspecified atom stereocenters. The number of anilines is 1. The lowest BCUT2D eigenvalue weighted by Gasteiger charge is -2.32. The van der Waals surface area contributed by atoms with Crippen LogP contribution in [0.5, 0.6) is 0 Å². The lowest BCUT2D eigenvalue weighted by molar-refractivity contribution is 0.00578. The quantitative estimate of drug-likeness (QED) is 0.648. The Hall–Kier alpha value is -2.31. The third kappa shape index (κ3) is 3.74. The first-order valence-electron chi connectivity index (χ1n) is 10.6. The Balaban J connectivity index is 1.73. The molecule has 1 saturated heterocycles. The summed E-state index contributed by atoms with van der Waals surface area (Å²) in [5.41, 5.74) is 3.35. The van der Waals surface area contributed by atoms with Crippen molar-refractivity contribution in [3.63, 3.8) is 0 Å². The summed E-state index contributed by atoms with van der Waals surface area (Å²) < 4.78 is 14.7. The molecular weight excluding hydrogens is 373 g/mol. The summed E-state index contributed by atoms with van der Waals surface area (Å²) >= 11 is 0. The van der Waals surface area contributed by atoms with Gasteiger partial charge in [-0.15, -0.1) is 0 Å². The van der Waals surface area contributed by atoms with Gasteiger partial charge in [0.05, 0.1) is 16.9 Å². The van der Waals surface area contributed by atoms with Crippen LogP contribution in [0, 0.1) is 0 Å². The first-order chi connectivity index (χ1) is 14.0. The monoisotopic (exact) mass is 405 g/mol. The summed E-state index contributed by atoms with van der Waals surface area (Å²) in [6, 6.07) is 14.5. The molecule has 1 N–H and O–H groups in total. The first kappa shape index (κ1) is 20.9. The van der Waals surface area contributed by atoms with Crippen LogP contribution in [0.15, 0.2) is 48.7 Å². The van der Waals surface area contributed by atoms with Gasteiger partial charge >= 0.3 is 7.12 Å². The fraction of sp³-hybridized carbons (Fsp3) is 0.458. The molecule has 1 aromatic carbocycles. The van der Waals surface area contributed by atoms with Gasteiger partial charge in [-0.25, -0.2) is 4.98 Å². The van der Waals surface area contributed by atoms with Crippen molar-refractivity contribution in [2.75, 3.05) is 5.32 Å². The Kier molecular flexibility index (Phi) is 4.98. The molecule has 0 bridgehead atoms. The number of nitrogens with one attached hydrogen (secondary N) is 1. The minimum atomic E-state index is -0.401. The second kappa shape index (κ2) is 7.14. The summed E-state index contributed by atoms with van der Waals surface area (Å²) in [4.78, 5) is 4.94. The van der Waals surface area contributed by atoms with Gasteiger partial charge in [-0.05, 0) is 44.8 Å². The molecule has 1 aliphatic rings. The van der Waals surface area contributed by atoms with Crippen LogP contribution in [-0.4, -0.2) is 27.7 Å². The van der Waals surface area contributed by atoms with Crippen LogP contribution in [-0.2, 0) is 21.3 Å². The van der Waals surface area contributed by atoms with Gasteiger partial charge < -0.3 is 14.6 Å². The number of hydrogen-bond acceptors (Lipinski definition) is 4. The van der Waals surface area contributed by atoms with Crippen LogP contribution in [0.3, 0.4) is 0 Å². The zero-order valence-electron chi connectivity index (χ0n) is 19.1. The van der Waals surface area contributed by atoms with Crippen molar-refractivity contribution in [3.8, 4) is 0 Å². The molecule has 4 rings (SSSR count). The van der Waals surface area contributed by atoms with Gasteiger partial charge in [-0.2, -0.15) is 0 Å². The number of imidazole rings is 1. The average molecular weight is 405 g/mol. The van der Waals surface area contributed by atoms with Gasteiger partial charge in [0.15, 0.2) is 0 Å². The Morgan fingerprint density at radius 2 is 1.60 bits per heavy atom. The van der Waals surface area contributed by atoms with E-state index < -0.39 is 7.12 Å². The zero-order chi connectivity index (χ0) is 21.7. The molecule has 1 aliphatic heterocycles. The molecule has 2 aromatic heterocycles. The van der Waals surface area contributed by atoms with Crippen LogP contribution in [0.25, 0.3) is 5.65 Å². The molecule has 0 saturated carbocycles. The molecule has 158 valence electrons. The van der Waals surface area contributed by atoms with Crippen LogP contribution < -0.4 is 10.8 Å². The maximum absolute atomic E-state index is 6.27. The molecule has 0 radical (unpaired) electrons. The van der Waals surface area contributed by atoms with Crippen molar-refractivity contribution in [3.05, 3.63) is 59.9 Å². The number of hydrogen-bond donors (Lipinski definition) is 1. The molecule has 0 amide bonds. The smallest absolute Gasteiger partial charge is 0.399 e. The van der Waals surface area contributed by atoms with E-state index in [1.54, 1.807) is 0 Å². The van der Waals surface area contributed by atoms with Crippen LogP contribution in [0.2, 0.25) is 0 Å². The summed E-state index contributed by atoms with van der Waals surface area (Å²) in [6.07, 6.45) is 2.09. The van der Waals surface area contributed by atoms with E-state index in [0.717, 1.165) is 29.2 Å². The van der Waals surface area contributed by atoms with Crippen molar-refractivity contribution in [1.29, 1.82) is 0 Å². The van der Waals surface area contributed by atoms with E-state index in [0.29, 0.717) is 0 Å². The summed E-state index contributed by atoms with van der Waals surface area (Å²) in [5, 5.41) is 3.63. The van der Waals surface area contributed by atoms with Crippen molar-refractivity contribution in [1.82, 2.24) is 9.38 Å². The van der Waals surface area contributed by atoms with E-state index in [2.05, 4.69) is 94.7 Å². The largest absolute Gasteiger partial charge is 0.496 e. The standard InChI is InChI=1S/C24H32BN3O2/c1-22(2,3)20-21(26-15-17-11-9-8-10-12-17)28-16-18(13-14-19(28)27-20)25-29-23(4,5)24(6,7)30-25/h8-14,16,26H,15H2,1-7H3. The van der Waals surface area contributed by atoms with Crippen molar-refractivity contribution >= 4 is 24.0 Å². The number of fused-ring (bicyclic) bond motifs is 1. The van der Waals surface area contributed by atoms with Gasteiger partial charge in [0.1, 0.15) is 11.5 Å². The number of aromatic nitrogens is 2. The van der Waals surface area contributed by atoms with E-state index >= 15 is 0 Å². The van der Waals surface area contributed by atoms with Gasteiger partial charge in [-0.1, -0.05) is 57.2 Å². The highest BCUT2D eigenvalue weighted by atomic mass is 16.7. The van der Waals surface area contributed by atoms with Gasteiger partial charge in [0, 0.05) is 18.2 Å². The summed E-state index contributed by atoms with van der Waals surface area (Å²) in [6.45, 7) is 15.6. The lowest BCUT2D eigenvalue weighted by atomic mass is 9.80. The molecule has 6 heteroatoms. The summed E-state index contributed by atoms with van der Waals surface area (Å²) in [5.74, 6) is 1.01. The molecular formula is C24H32BN3O2. The number of benzene rings is 1. The minimum absolute atomic E-state index is 0.0878. The molecule has 3 aromatic rings. The molecule has 0 atom stereocenters. The molecule has 0 aliphatic carbocycles. The molecule has 3 heterocycles. The van der Waals surface area contributed by atoms with E-state index in [-0.39, 0.29) is 16.6 Å². The Morgan fingerprint density at radius 1 is 0.967 bits per heavy atom. The first-order valence-corrected chi connectivity index (χ1v) is 10.6. The van der Waals surface area contributed by atoms with Gasteiger partial charge in [-0.3, -0.25) is 4.40 Å². The predicted molar refractivity (Wildman–Crippen MR) is 123 cm³/mol.